The van der Waals surface area contributed by atoms with Crippen LogP contribution in [0.25, 0.3) is 0 Å². The zero-order valence-corrected chi connectivity index (χ0v) is 41.5. The summed E-state index contributed by atoms with van der Waals surface area (Å²) in [6.07, 6.45) is 5.99. The Balaban J connectivity index is 0.00000104. The summed E-state index contributed by atoms with van der Waals surface area (Å²) in [6.45, 7) is 26.7. The van der Waals surface area contributed by atoms with E-state index in [2.05, 4.69) is 44.6 Å². The van der Waals surface area contributed by atoms with Crippen molar-refractivity contribution in [1.29, 1.82) is 0 Å². The summed E-state index contributed by atoms with van der Waals surface area (Å²) in [5, 5.41) is 0. The largest absolute Gasteiger partial charge is 0.469 e. The first kappa shape index (κ1) is 58.4. The molecule has 0 N–H and O–H groups in total. The van der Waals surface area contributed by atoms with E-state index >= 15 is 0 Å². The fourth-order valence-electron chi connectivity index (χ4n) is 7.28. The van der Waals surface area contributed by atoms with E-state index in [-0.39, 0.29) is 42.2 Å². The quantitative estimate of drug-likeness (QED) is 0.246. The number of nitrogens with zero attached hydrogens (tertiary/aromatic N) is 2. The van der Waals surface area contributed by atoms with Gasteiger partial charge in [-0.05, 0) is 103 Å². The minimum Gasteiger partial charge on any atom is -0.469 e. The molecule has 2 aromatic rings. The summed E-state index contributed by atoms with van der Waals surface area (Å²) in [5.41, 5.74) is 0.757. The van der Waals surface area contributed by atoms with Crippen molar-refractivity contribution in [1.82, 2.24) is 9.80 Å². The second-order valence-corrected chi connectivity index (χ2v) is 18.4. The molecule has 2 amide bonds. The summed E-state index contributed by atoms with van der Waals surface area (Å²) >= 11 is 0. The Bertz CT molecular complexity index is 1550. The van der Waals surface area contributed by atoms with E-state index < -0.39 is 28.8 Å². The Morgan fingerprint density at radius 3 is 1.81 bits per heavy atom. The molecule has 1 saturated carbocycles. The molecule has 0 spiro atoms. The molecule has 3 fully saturated rings. The summed E-state index contributed by atoms with van der Waals surface area (Å²) in [6, 6.07) is 14.1. The normalized spacial score (nSPS) is 20.7. The molecule has 62 heavy (non-hydrogen) atoms. The first-order valence-corrected chi connectivity index (χ1v) is 22.9. The van der Waals surface area contributed by atoms with E-state index in [9.17, 15) is 27.6 Å². The number of carbonyl (C=O) groups is 3. The minimum absolute atomic E-state index is 0.0133. The summed E-state index contributed by atoms with van der Waals surface area (Å²) in [5.74, 6) is 0.676. The van der Waals surface area contributed by atoms with Gasteiger partial charge in [-0.1, -0.05) is 122 Å². The molecule has 5 rings (SSSR count). The van der Waals surface area contributed by atoms with Crippen molar-refractivity contribution in [3.63, 3.8) is 0 Å². The Hall–Kier alpha value is -3.60. The van der Waals surface area contributed by atoms with Crippen LogP contribution >= 0.6 is 0 Å². The van der Waals surface area contributed by atoms with Crippen LogP contribution in [-0.4, -0.2) is 80.4 Å². The zero-order valence-electron chi connectivity index (χ0n) is 41.5. The average molecular weight is 879 g/mol. The molecule has 0 bridgehead atoms. The van der Waals surface area contributed by atoms with Gasteiger partial charge in [-0.15, -0.1) is 0 Å². The maximum Gasteiger partial charge on any atom is 0.416 e. The van der Waals surface area contributed by atoms with Crippen molar-refractivity contribution < 1.29 is 41.8 Å². The van der Waals surface area contributed by atoms with Crippen molar-refractivity contribution in [3.8, 4) is 0 Å². The third-order valence-corrected chi connectivity index (χ3v) is 11.3. The molecular weight excluding hydrogens is 794 g/mol. The molecular formula is C51H85F3N2O6. The number of esters is 1. The highest BCUT2D eigenvalue weighted by Crippen LogP contribution is 2.42. The van der Waals surface area contributed by atoms with Crippen LogP contribution in [0.1, 0.15) is 162 Å². The number of benzene rings is 2. The molecule has 2 unspecified atom stereocenters. The fraction of sp³-hybridized carbons (Fsp3) is 0.706. The van der Waals surface area contributed by atoms with Gasteiger partial charge in [0.25, 0.3) is 0 Å². The highest BCUT2D eigenvalue weighted by molar-refractivity contribution is 5.85. The average Bonchev–Trinajstić information content (AvgIpc) is 3.71. The number of rotatable bonds is 8. The third-order valence-electron chi connectivity index (χ3n) is 11.3. The number of methoxy groups -OCH3 is 2. The Morgan fingerprint density at radius 2 is 1.40 bits per heavy atom. The van der Waals surface area contributed by atoms with E-state index in [1.54, 1.807) is 32.1 Å². The Labute approximate surface area is 375 Å². The lowest BCUT2D eigenvalue weighted by Crippen LogP contribution is -2.48. The number of hydrogen-bond acceptors (Lipinski definition) is 6. The van der Waals surface area contributed by atoms with Crippen molar-refractivity contribution in [2.75, 3.05) is 41.0 Å². The van der Waals surface area contributed by atoms with Gasteiger partial charge >= 0.3 is 18.2 Å². The molecule has 2 aliphatic heterocycles. The van der Waals surface area contributed by atoms with Crippen molar-refractivity contribution in [3.05, 3.63) is 70.8 Å². The predicted octanol–water partition coefficient (Wildman–Crippen LogP) is 13.5. The maximum absolute atomic E-state index is 13.7. The van der Waals surface area contributed by atoms with Gasteiger partial charge in [-0.25, -0.2) is 4.79 Å². The molecule has 5 atom stereocenters. The monoisotopic (exact) mass is 879 g/mol. The van der Waals surface area contributed by atoms with Gasteiger partial charge in [0.15, 0.2) is 0 Å². The lowest BCUT2D eigenvalue weighted by Gasteiger charge is -2.34. The lowest BCUT2D eigenvalue weighted by molar-refractivity contribution is -0.146. The van der Waals surface area contributed by atoms with Crippen LogP contribution in [0.2, 0.25) is 0 Å². The molecule has 2 aromatic carbocycles. The third kappa shape index (κ3) is 20.7. The predicted molar refractivity (Wildman–Crippen MR) is 248 cm³/mol. The van der Waals surface area contributed by atoms with Gasteiger partial charge < -0.3 is 24.0 Å². The van der Waals surface area contributed by atoms with E-state index in [4.69, 9.17) is 9.47 Å². The van der Waals surface area contributed by atoms with Crippen LogP contribution in [0.3, 0.4) is 0 Å². The highest BCUT2D eigenvalue weighted by atomic mass is 19.4. The number of likely N-dealkylation sites (tertiary alicyclic amines) is 2. The molecule has 356 valence electrons. The number of hydrogen-bond donors (Lipinski definition) is 0. The van der Waals surface area contributed by atoms with Crippen LogP contribution in [-0.2, 0) is 30.0 Å². The van der Waals surface area contributed by atoms with Gasteiger partial charge in [-0.3, -0.25) is 9.59 Å². The number of amides is 2. The minimum atomic E-state index is -4.37. The van der Waals surface area contributed by atoms with Gasteiger partial charge in [0.1, 0.15) is 5.60 Å². The smallest absolute Gasteiger partial charge is 0.416 e. The van der Waals surface area contributed by atoms with Crippen LogP contribution in [0.15, 0.2) is 48.5 Å². The summed E-state index contributed by atoms with van der Waals surface area (Å²) < 4.78 is 53.6. The SMILES string of the molecule is C1CCC1.CC.CCCC(CCC(C)C)C(=O)OC.COC.Cc1cc(C(F)(F)F)ccc1C1C[C@@H](C)N(C(=O)[C@]2(C)CN(C(=O)OC(C)(C)C)C[C@H]2C)C1.Cc1ccccc1. The first-order valence-electron chi connectivity index (χ1n) is 22.9. The molecule has 3 aliphatic rings. The number of aryl methyl sites for hydroxylation is 2. The maximum atomic E-state index is 13.7. The van der Waals surface area contributed by atoms with Crippen molar-refractivity contribution >= 4 is 18.0 Å². The second kappa shape index (κ2) is 29.0. The zero-order chi connectivity index (χ0) is 47.8. The van der Waals surface area contributed by atoms with Crippen LogP contribution in [0, 0.1) is 37.0 Å². The van der Waals surface area contributed by atoms with E-state index in [1.165, 1.54) is 44.4 Å². The van der Waals surface area contributed by atoms with Gasteiger partial charge in [-0.2, -0.15) is 13.2 Å². The molecule has 11 heteroatoms. The molecule has 2 saturated heterocycles. The lowest BCUT2D eigenvalue weighted by atomic mass is 9.79. The van der Waals surface area contributed by atoms with Crippen LogP contribution < -0.4 is 0 Å². The molecule has 1 aliphatic carbocycles. The van der Waals surface area contributed by atoms with Crippen LogP contribution in [0.4, 0.5) is 18.0 Å². The van der Waals surface area contributed by atoms with Crippen LogP contribution in [0.5, 0.6) is 0 Å². The van der Waals surface area contributed by atoms with Crippen molar-refractivity contribution in [2.24, 2.45) is 23.2 Å². The number of ether oxygens (including phenoxy) is 3. The Kier molecular flexibility index (Phi) is 27.3. The second-order valence-electron chi connectivity index (χ2n) is 18.4. The first-order chi connectivity index (χ1) is 28.9. The van der Waals surface area contributed by atoms with E-state index in [0.717, 1.165) is 37.3 Å². The number of alkyl halides is 3. The molecule has 2 heterocycles. The number of carbonyl (C=O) groups excluding carboxylic acids is 3. The highest BCUT2D eigenvalue weighted by Gasteiger charge is 2.52. The van der Waals surface area contributed by atoms with E-state index in [0.29, 0.717) is 31.0 Å². The molecule has 0 radical (unpaired) electrons. The number of halogens is 3. The molecule has 8 nitrogen and oxygen atoms in total. The van der Waals surface area contributed by atoms with Gasteiger partial charge in [0.2, 0.25) is 5.91 Å². The summed E-state index contributed by atoms with van der Waals surface area (Å²) in [7, 11) is 4.72. The van der Waals surface area contributed by atoms with Gasteiger partial charge in [0.05, 0.1) is 24.0 Å². The standard InChI is InChI=1S/C25H35F3N2O3.C11H22O2.C7H8.C4H8.C2H6O.C2H6/c1-15-10-19(25(26,27)28)8-9-20(15)18-11-17(3)30(13-18)21(31)24(7)14-29(12-16(24)2)22(32)33-23(4,5)6;1-5-6-10(11(12)13-4)8-7-9(2)3;1-7-5-3-2-4-6-7;1-2-4-3-1;1-3-2;1-2/h8-10,16-18H,11-14H2,1-7H3;9-10H,5-8H2,1-4H3;2-6H,1H3;1-4H2;1-2H3;1-2H3/t16-,17-,18?,24-;;;;;/m1...../s1. The summed E-state index contributed by atoms with van der Waals surface area (Å²) in [4.78, 5) is 41.0. The fourth-order valence-corrected chi connectivity index (χ4v) is 7.28. The molecule has 0 aromatic heterocycles. The van der Waals surface area contributed by atoms with E-state index in [1.807, 2.05) is 78.5 Å². The van der Waals surface area contributed by atoms with Crippen molar-refractivity contribution in [2.45, 2.75) is 172 Å². The topological polar surface area (TPSA) is 85.4 Å². The van der Waals surface area contributed by atoms with Gasteiger partial charge in [0, 0.05) is 45.8 Å². The Morgan fingerprint density at radius 1 is 0.855 bits per heavy atom.